The number of piperazine rings is 1. The predicted octanol–water partition coefficient (Wildman–Crippen LogP) is 2.74. The molecule has 1 aromatic carbocycles. The van der Waals surface area contributed by atoms with Gasteiger partial charge >= 0.3 is 0 Å². The van der Waals surface area contributed by atoms with Crippen molar-refractivity contribution in [3.05, 3.63) is 29.3 Å². The summed E-state index contributed by atoms with van der Waals surface area (Å²) in [6, 6.07) is 8.14. The topological polar surface area (TPSA) is 9.72 Å². The summed E-state index contributed by atoms with van der Waals surface area (Å²) in [4.78, 5) is 7.24. The number of nitrogens with zero attached hydrogens (tertiary/aromatic N) is 3. The number of benzene rings is 1. The molecule has 1 fully saturated rings. The monoisotopic (exact) mass is 379 g/mol. The minimum atomic E-state index is 0.819. The molecule has 0 saturated carbocycles. The first-order valence-electron chi connectivity index (χ1n) is 6.16. The van der Waals surface area contributed by atoms with E-state index in [0.29, 0.717) is 0 Å². The van der Waals surface area contributed by atoms with Crippen LogP contribution < -0.4 is 4.90 Å². The van der Waals surface area contributed by atoms with Gasteiger partial charge in [0.15, 0.2) is 0 Å². The smallest absolute Gasteiger partial charge is 0.0515 e. The normalized spacial score (nSPS) is 17.4. The maximum absolute atomic E-state index is 6.04. The van der Waals surface area contributed by atoms with Crippen LogP contribution in [0.2, 0.25) is 5.02 Å². The minimum absolute atomic E-state index is 0.819. The third kappa shape index (κ3) is 3.98. The highest BCUT2D eigenvalue weighted by Gasteiger charge is 2.17. The first-order chi connectivity index (χ1) is 8.69. The number of hydrogen-bond donors (Lipinski definition) is 0. The summed E-state index contributed by atoms with van der Waals surface area (Å²) in [6.45, 7) is 5.46. The quantitative estimate of drug-likeness (QED) is 0.452. The molecule has 1 saturated heterocycles. The molecule has 3 nitrogen and oxygen atoms in total. The minimum Gasteiger partial charge on any atom is -0.369 e. The van der Waals surface area contributed by atoms with Crippen molar-refractivity contribution >= 4 is 39.9 Å². The number of halogens is 2. The lowest BCUT2D eigenvalue weighted by molar-refractivity contribution is 0.165. The van der Waals surface area contributed by atoms with Crippen LogP contribution in [0.15, 0.2) is 24.3 Å². The lowest BCUT2D eigenvalue weighted by atomic mass is 10.2. The molecule has 0 radical (unpaired) electrons. The highest BCUT2D eigenvalue weighted by atomic mass is 127. The van der Waals surface area contributed by atoms with Crippen molar-refractivity contribution < 1.29 is 0 Å². The first-order valence-corrected chi connectivity index (χ1v) is 8.07. The van der Waals surface area contributed by atoms with Gasteiger partial charge in [0.25, 0.3) is 0 Å². The zero-order chi connectivity index (χ0) is 13.0. The van der Waals surface area contributed by atoms with Crippen LogP contribution in [0, 0.1) is 0 Å². The molecule has 1 heterocycles. The Bertz CT molecular complexity index is 380. The van der Waals surface area contributed by atoms with Gasteiger partial charge in [-0.25, -0.2) is 0 Å². The summed E-state index contributed by atoms with van der Waals surface area (Å²) in [5.41, 5.74) is 1.24. The Kier molecular flexibility index (Phi) is 5.54. The standard InChI is InChI=1S/C13H19ClIN3/c1-16(10-15)11-17-5-7-18(8-6-17)13-4-2-3-12(14)9-13/h2-4,9H,5-8,10-11H2,1H3. The van der Waals surface area contributed by atoms with Crippen LogP contribution in [0.3, 0.4) is 0 Å². The zero-order valence-electron chi connectivity index (χ0n) is 10.6. The molecule has 0 N–H and O–H groups in total. The van der Waals surface area contributed by atoms with E-state index in [0.717, 1.165) is 42.4 Å². The van der Waals surface area contributed by atoms with Gasteiger partial charge in [0.1, 0.15) is 0 Å². The molecule has 0 spiro atoms. The van der Waals surface area contributed by atoms with Crippen LogP contribution in [0.25, 0.3) is 0 Å². The highest BCUT2D eigenvalue weighted by molar-refractivity contribution is 14.1. The van der Waals surface area contributed by atoms with Gasteiger partial charge in [-0.15, -0.1) is 0 Å². The largest absolute Gasteiger partial charge is 0.369 e. The van der Waals surface area contributed by atoms with E-state index in [4.69, 9.17) is 11.6 Å². The third-order valence-corrected chi connectivity index (χ3v) is 4.59. The van der Waals surface area contributed by atoms with Crippen molar-refractivity contribution in [3.63, 3.8) is 0 Å². The Labute approximate surface area is 128 Å². The molecule has 0 aromatic heterocycles. The summed E-state index contributed by atoms with van der Waals surface area (Å²) >= 11 is 8.44. The van der Waals surface area contributed by atoms with Crippen LogP contribution >= 0.6 is 34.2 Å². The Balaban J connectivity index is 1.87. The van der Waals surface area contributed by atoms with Crippen molar-refractivity contribution in [2.75, 3.05) is 49.3 Å². The lowest BCUT2D eigenvalue weighted by Crippen LogP contribution is -2.49. The van der Waals surface area contributed by atoms with E-state index in [1.165, 1.54) is 5.69 Å². The molecular weight excluding hydrogens is 361 g/mol. The molecule has 1 aliphatic rings. The second-order valence-electron chi connectivity index (χ2n) is 4.70. The second kappa shape index (κ2) is 6.93. The molecule has 100 valence electrons. The maximum atomic E-state index is 6.04. The number of rotatable bonds is 4. The molecule has 5 heteroatoms. The van der Waals surface area contributed by atoms with E-state index in [1.54, 1.807) is 0 Å². The van der Waals surface area contributed by atoms with Gasteiger partial charge in [-0.05, 0) is 25.2 Å². The number of anilines is 1. The summed E-state index contributed by atoms with van der Waals surface area (Å²) in [7, 11) is 2.16. The SMILES string of the molecule is CN(CI)CN1CCN(c2cccc(Cl)c2)CC1. The molecule has 0 unspecified atom stereocenters. The highest BCUT2D eigenvalue weighted by Crippen LogP contribution is 2.20. The summed E-state index contributed by atoms with van der Waals surface area (Å²) < 4.78 is 1.08. The Morgan fingerprint density at radius 1 is 1.28 bits per heavy atom. The van der Waals surface area contributed by atoms with E-state index in [-0.39, 0.29) is 0 Å². The zero-order valence-corrected chi connectivity index (χ0v) is 13.6. The average Bonchev–Trinajstić information content (AvgIpc) is 2.39. The third-order valence-electron chi connectivity index (χ3n) is 3.19. The Morgan fingerprint density at radius 3 is 2.61 bits per heavy atom. The van der Waals surface area contributed by atoms with E-state index in [9.17, 15) is 0 Å². The van der Waals surface area contributed by atoms with E-state index >= 15 is 0 Å². The van der Waals surface area contributed by atoms with E-state index in [2.05, 4.69) is 50.4 Å². The molecule has 0 amide bonds. The number of hydrogen-bond acceptors (Lipinski definition) is 3. The number of alkyl halides is 1. The first kappa shape index (κ1) is 14.4. The van der Waals surface area contributed by atoms with Crippen molar-refractivity contribution in [2.24, 2.45) is 0 Å². The van der Waals surface area contributed by atoms with Crippen molar-refractivity contribution in [1.82, 2.24) is 9.80 Å². The molecule has 18 heavy (non-hydrogen) atoms. The fourth-order valence-electron chi connectivity index (χ4n) is 2.20. The van der Waals surface area contributed by atoms with Crippen LogP contribution in [-0.4, -0.2) is 54.2 Å². The van der Waals surface area contributed by atoms with Gasteiger partial charge in [-0.2, -0.15) is 0 Å². The maximum Gasteiger partial charge on any atom is 0.0515 e. The van der Waals surface area contributed by atoms with Gasteiger partial charge in [-0.1, -0.05) is 40.3 Å². The Hall–Kier alpha value is -0.0400. The van der Waals surface area contributed by atoms with Crippen molar-refractivity contribution in [1.29, 1.82) is 0 Å². The molecule has 0 atom stereocenters. The predicted molar refractivity (Wildman–Crippen MR) is 86.8 cm³/mol. The van der Waals surface area contributed by atoms with Crippen LogP contribution in [0.1, 0.15) is 0 Å². The molecule has 2 rings (SSSR count). The molecule has 0 bridgehead atoms. The van der Waals surface area contributed by atoms with E-state index in [1.807, 2.05) is 18.2 Å². The van der Waals surface area contributed by atoms with Gasteiger partial charge in [-0.3, -0.25) is 9.80 Å². The Morgan fingerprint density at radius 2 is 2.00 bits per heavy atom. The summed E-state index contributed by atoms with van der Waals surface area (Å²) in [6.07, 6.45) is 0. The van der Waals surface area contributed by atoms with Crippen LogP contribution in [-0.2, 0) is 0 Å². The van der Waals surface area contributed by atoms with Gasteiger partial charge in [0, 0.05) is 36.9 Å². The second-order valence-corrected chi connectivity index (χ2v) is 5.82. The lowest BCUT2D eigenvalue weighted by Gasteiger charge is -2.37. The van der Waals surface area contributed by atoms with Gasteiger partial charge in [0.05, 0.1) is 11.2 Å². The fourth-order valence-corrected chi connectivity index (χ4v) is 2.60. The molecule has 1 aromatic rings. The van der Waals surface area contributed by atoms with Crippen molar-refractivity contribution in [3.8, 4) is 0 Å². The van der Waals surface area contributed by atoms with Gasteiger partial charge < -0.3 is 4.90 Å². The van der Waals surface area contributed by atoms with Crippen LogP contribution in [0.4, 0.5) is 5.69 Å². The molecule has 1 aliphatic heterocycles. The summed E-state index contributed by atoms with van der Waals surface area (Å²) in [5, 5.41) is 0.819. The summed E-state index contributed by atoms with van der Waals surface area (Å²) in [5.74, 6) is 0. The van der Waals surface area contributed by atoms with Crippen LogP contribution in [0.5, 0.6) is 0 Å². The van der Waals surface area contributed by atoms with Crippen molar-refractivity contribution in [2.45, 2.75) is 0 Å². The molecule has 0 aliphatic carbocycles. The van der Waals surface area contributed by atoms with E-state index < -0.39 is 0 Å². The average molecular weight is 380 g/mol. The fraction of sp³-hybridized carbons (Fsp3) is 0.538. The molecular formula is C13H19ClIN3. The van der Waals surface area contributed by atoms with Gasteiger partial charge in [0.2, 0.25) is 0 Å².